The van der Waals surface area contributed by atoms with Gasteiger partial charge in [0.25, 0.3) is 0 Å². The predicted octanol–water partition coefficient (Wildman–Crippen LogP) is 3.30. The van der Waals surface area contributed by atoms with Crippen LogP contribution in [0.4, 0.5) is 11.6 Å². The molecule has 0 aliphatic carbocycles. The van der Waals surface area contributed by atoms with E-state index >= 15 is 0 Å². The van der Waals surface area contributed by atoms with Crippen LogP contribution in [0.5, 0.6) is 0 Å². The molecule has 26 heavy (non-hydrogen) atoms. The van der Waals surface area contributed by atoms with Crippen molar-refractivity contribution in [2.75, 3.05) is 5.32 Å². The number of nitrogens with one attached hydrogen (secondary N) is 1. The highest BCUT2D eigenvalue weighted by molar-refractivity contribution is 5.57. The van der Waals surface area contributed by atoms with Gasteiger partial charge in [-0.2, -0.15) is 0 Å². The minimum Gasteiger partial charge on any atom is -0.325 e. The molecule has 2 heterocycles. The monoisotopic (exact) mass is 345 g/mol. The Morgan fingerprint density at radius 1 is 1.00 bits per heavy atom. The maximum Gasteiger partial charge on any atom is 0.353 e. The molecule has 1 N–H and O–H groups in total. The Balaban J connectivity index is 1.79. The van der Waals surface area contributed by atoms with Crippen LogP contribution >= 0.6 is 0 Å². The molecule has 0 radical (unpaired) electrons. The predicted molar refractivity (Wildman–Crippen MR) is 102 cm³/mol. The molecule has 0 aliphatic heterocycles. The summed E-state index contributed by atoms with van der Waals surface area (Å²) in [5, 5.41) is 7.72. The molecule has 0 amide bonds. The van der Waals surface area contributed by atoms with Crippen molar-refractivity contribution in [3.63, 3.8) is 0 Å². The molecule has 130 valence electrons. The van der Waals surface area contributed by atoms with Crippen molar-refractivity contribution in [1.29, 1.82) is 0 Å². The van der Waals surface area contributed by atoms with Gasteiger partial charge in [0.15, 0.2) is 5.65 Å². The van der Waals surface area contributed by atoms with Crippen LogP contribution in [0.3, 0.4) is 0 Å². The third-order valence-electron chi connectivity index (χ3n) is 4.15. The van der Waals surface area contributed by atoms with Crippen LogP contribution in [0, 0.1) is 13.8 Å². The quantitative estimate of drug-likeness (QED) is 0.616. The summed E-state index contributed by atoms with van der Waals surface area (Å²) in [6.07, 6.45) is 0. The van der Waals surface area contributed by atoms with E-state index in [9.17, 15) is 4.79 Å². The van der Waals surface area contributed by atoms with Gasteiger partial charge in [0.2, 0.25) is 5.95 Å². The molecule has 0 bridgehead atoms. The Morgan fingerprint density at radius 3 is 2.58 bits per heavy atom. The van der Waals surface area contributed by atoms with Gasteiger partial charge < -0.3 is 5.32 Å². The molecule has 2 aromatic heterocycles. The first-order valence-electron chi connectivity index (χ1n) is 8.45. The molecule has 0 fully saturated rings. The van der Waals surface area contributed by atoms with Crippen LogP contribution < -0.4 is 11.0 Å². The summed E-state index contributed by atoms with van der Waals surface area (Å²) in [5.74, 6) is 0.468. The van der Waals surface area contributed by atoms with Gasteiger partial charge in [0.05, 0.1) is 6.54 Å². The van der Waals surface area contributed by atoms with Crippen LogP contribution in [0.2, 0.25) is 0 Å². The van der Waals surface area contributed by atoms with E-state index in [-0.39, 0.29) is 5.69 Å². The number of fused-ring (bicyclic) bond motifs is 1. The molecule has 2 aromatic carbocycles. The van der Waals surface area contributed by atoms with Gasteiger partial charge in [-0.1, -0.05) is 42.5 Å². The summed E-state index contributed by atoms with van der Waals surface area (Å²) < 4.78 is 2.98. The summed E-state index contributed by atoms with van der Waals surface area (Å²) in [6, 6.07) is 19.6. The van der Waals surface area contributed by atoms with E-state index in [1.807, 2.05) is 74.5 Å². The van der Waals surface area contributed by atoms with E-state index in [2.05, 4.69) is 15.4 Å². The largest absolute Gasteiger partial charge is 0.353 e. The zero-order chi connectivity index (χ0) is 18.1. The van der Waals surface area contributed by atoms with Crippen molar-refractivity contribution in [3.8, 4) is 0 Å². The Bertz CT molecular complexity index is 1130. The second kappa shape index (κ2) is 6.48. The smallest absolute Gasteiger partial charge is 0.325 e. The van der Waals surface area contributed by atoms with Crippen LogP contribution in [0.15, 0.2) is 65.5 Å². The summed E-state index contributed by atoms with van der Waals surface area (Å²) in [5.41, 5.74) is 4.19. The normalized spacial score (nSPS) is 11.0. The first kappa shape index (κ1) is 16.1. The van der Waals surface area contributed by atoms with Crippen LogP contribution in [0.1, 0.15) is 16.8 Å². The number of nitrogens with zero attached hydrogens (tertiary/aromatic N) is 4. The Kier molecular flexibility index (Phi) is 4.01. The molecule has 6 nitrogen and oxygen atoms in total. The zero-order valence-corrected chi connectivity index (χ0v) is 14.7. The second-order valence-corrected chi connectivity index (χ2v) is 6.34. The third kappa shape index (κ3) is 3.09. The Hall–Kier alpha value is -3.41. The van der Waals surface area contributed by atoms with E-state index in [0.29, 0.717) is 18.1 Å². The summed E-state index contributed by atoms with van der Waals surface area (Å²) in [7, 11) is 0. The molecular formula is C20H19N5O. The molecule has 4 aromatic rings. The van der Waals surface area contributed by atoms with Crippen molar-refractivity contribution in [2.45, 2.75) is 20.4 Å². The Morgan fingerprint density at radius 2 is 1.81 bits per heavy atom. The molecule has 0 spiro atoms. The molecule has 0 unspecified atom stereocenters. The maximum absolute atomic E-state index is 12.9. The minimum atomic E-state index is -0.216. The van der Waals surface area contributed by atoms with Crippen molar-refractivity contribution in [2.24, 2.45) is 0 Å². The van der Waals surface area contributed by atoms with Gasteiger partial charge in [-0.25, -0.2) is 18.9 Å². The number of hydrogen-bond acceptors (Lipinski definition) is 4. The topological polar surface area (TPSA) is 64.2 Å². The molecule has 0 aliphatic rings. The fourth-order valence-corrected chi connectivity index (χ4v) is 2.95. The molecule has 4 rings (SSSR count). The third-order valence-corrected chi connectivity index (χ3v) is 4.15. The van der Waals surface area contributed by atoms with Crippen molar-refractivity contribution in [3.05, 3.63) is 88.0 Å². The van der Waals surface area contributed by atoms with E-state index in [1.165, 1.54) is 9.08 Å². The number of hydrogen-bond donors (Lipinski definition) is 1. The van der Waals surface area contributed by atoms with E-state index in [0.717, 1.165) is 22.5 Å². The lowest BCUT2D eigenvalue weighted by Crippen LogP contribution is -2.23. The molecular weight excluding hydrogens is 326 g/mol. The summed E-state index contributed by atoms with van der Waals surface area (Å²) >= 11 is 0. The first-order chi connectivity index (χ1) is 12.6. The van der Waals surface area contributed by atoms with E-state index in [4.69, 9.17) is 0 Å². The Labute approximate surface area is 150 Å². The van der Waals surface area contributed by atoms with Crippen molar-refractivity contribution in [1.82, 2.24) is 19.2 Å². The van der Waals surface area contributed by atoms with Gasteiger partial charge >= 0.3 is 5.69 Å². The fraction of sp³-hybridized carbons (Fsp3) is 0.150. The second-order valence-electron chi connectivity index (χ2n) is 6.34. The maximum atomic E-state index is 12.9. The zero-order valence-electron chi connectivity index (χ0n) is 14.7. The molecule has 6 heteroatoms. The number of benzene rings is 2. The number of anilines is 2. The highest BCUT2D eigenvalue weighted by Gasteiger charge is 2.13. The average Bonchev–Trinajstić information content (AvgIpc) is 2.91. The van der Waals surface area contributed by atoms with Gasteiger partial charge in [0, 0.05) is 17.4 Å². The molecule has 0 saturated heterocycles. The molecule has 0 saturated carbocycles. The van der Waals surface area contributed by atoms with Gasteiger partial charge in [-0.05, 0) is 37.1 Å². The average molecular weight is 345 g/mol. The SMILES string of the molecule is Cc1cccc(Nc2nc(C)cc3nn(Cc4ccccc4)c(=O)n23)c1. The van der Waals surface area contributed by atoms with E-state index < -0.39 is 0 Å². The molecule has 0 atom stereocenters. The minimum absolute atomic E-state index is 0.216. The number of rotatable bonds is 4. The standard InChI is InChI=1S/C20H19N5O/c1-14-7-6-10-17(11-14)22-19-21-15(2)12-18-23-24(20(26)25(18)19)13-16-8-4-3-5-9-16/h3-12H,13H2,1-2H3,(H,21,22). The highest BCUT2D eigenvalue weighted by Crippen LogP contribution is 2.17. The van der Waals surface area contributed by atoms with Crippen LogP contribution in [-0.2, 0) is 6.54 Å². The lowest BCUT2D eigenvalue weighted by Gasteiger charge is -2.08. The highest BCUT2D eigenvalue weighted by atomic mass is 16.2. The lowest BCUT2D eigenvalue weighted by atomic mass is 10.2. The van der Waals surface area contributed by atoms with Crippen LogP contribution in [-0.4, -0.2) is 19.2 Å². The van der Waals surface area contributed by atoms with Crippen molar-refractivity contribution < 1.29 is 0 Å². The van der Waals surface area contributed by atoms with Gasteiger partial charge in [-0.3, -0.25) is 0 Å². The van der Waals surface area contributed by atoms with Gasteiger partial charge in [-0.15, -0.1) is 5.10 Å². The van der Waals surface area contributed by atoms with Crippen molar-refractivity contribution >= 4 is 17.3 Å². The number of aryl methyl sites for hydroxylation is 2. The first-order valence-corrected chi connectivity index (χ1v) is 8.45. The lowest BCUT2D eigenvalue weighted by molar-refractivity contribution is 0.659. The van der Waals surface area contributed by atoms with Crippen LogP contribution in [0.25, 0.3) is 5.65 Å². The fourth-order valence-electron chi connectivity index (χ4n) is 2.95. The van der Waals surface area contributed by atoms with E-state index in [1.54, 1.807) is 0 Å². The van der Waals surface area contributed by atoms with Gasteiger partial charge in [0.1, 0.15) is 0 Å². The number of aromatic nitrogens is 4. The summed E-state index contributed by atoms with van der Waals surface area (Å²) in [6.45, 7) is 4.33. The summed E-state index contributed by atoms with van der Waals surface area (Å²) in [4.78, 5) is 17.4.